The molecule has 1 unspecified atom stereocenters. The third-order valence-electron chi connectivity index (χ3n) is 9.94. The van der Waals surface area contributed by atoms with Gasteiger partial charge in [0.15, 0.2) is 0 Å². The lowest BCUT2D eigenvalue weighted by atomic mass is 9.87. The molecule has 8 nitrogen and oxygen atoms in total. The highest BCUT2D eigenvalue weighted by Gasteiger charge is 2.31. The molecule has 5 rings (SSSR count). The van der Waals surface area contributed by atoms with Gasteiger partial charge in [0, 0.05) is 32.6 Å². The number of hydrogen-bond acceptors (Lipinski definition) is 6. The van der Waals surface area contributed by atoms with Crippen molar-refractivity contribution in [2.45, 2.75) is 83.2 Å². The van der Waals surface area contributed by atoms with Crippen molar-refractivity contribution in [1.29, 1.82) is 0 Å². The summed E-state index contributed by atoms with van der Waals surface area (Å²) in [6.45, 7) is 13.6. The molecule has 4 heterocycles. The SMILES string of the molecule is Cc1ccc(C2CCN(CCN3CCC(CN4CCCCC4)CC3)CC2)cc1CN(C=O)C1CCC(=O)NC1=O. The summed E-state index contributed by atoms with van der Waals surface area (Å²) in [5.74, 6) is 0.796. The Morgan fingerprint density at radius 3 is 2.20 bits per heavy atom. The summed E-state index contributed by atoms with van der Waals surface area (Å²) in [6.07, 6.45) is 10.7. The molecule has 0 bridgehead atoms. The molecule has 4 saturated heterocycles. The molecule has 4 aliphatic heterocycles. The van der Waals surface area contributed by atoms with Gasteiger partial charge in [-0.15, -0.1) is 0 Å². The number of likely N-dealkylation sites (tertiary alicyclic amines) is 3. The average molecular weight is 552 g/mol. The Labute approximate surface area is 240 Å². The molecule has 0 spiro atoms. The Morgan fingerprint density at radius 2 is 1.55 bits per heavy atom. The Bertz CT molecular complexity index is 1010. The second kappa shape index (κ2) is 14.1. The summed E-state index contributed by atoms with van der Waals surface area (Å²) in [5.41, 5.74) is 3.55. The van der Waals surface area contributed by atoms with Crippen LogP contribution in [0.2, 0.25) is 0 Å². The van der Waals surface area contributed by atoms with Crippen molar-refractivity contribution in [2.24, 2.45) is 5.92 Å². The van der Waals surface area contributed by atoms with E-state index in [1.807, 2.05) is 0 Å². The number of aryl methyl sites for hydroxylation is 1. The minimum atomic E-state index is -0.582. The van der Waals surface area contributed by atoms with Gasteiger partial charge in [-0.3, -0.25) is 19.7 Å². The summed E-state index contributed by atoms with van der Waals surface area (Å²) >= 11 is 0. The van der Waals surface area contributed by atoms with Crippen molar-refractivity contribution < 1.29 is 14.4 Å². The molecule has 3 amide bonds. The number of piperidine rings is 4. The third-order valence-corrected chi connectivity index (χ3v) is 9.94. The topological polar surface area (TPSA) is 76.2 Å². The van der Waals surface area contributed by atoms with E-state index in [1.165, 1.54) is 83.5 Å². The molecule has 1 aromatic carbocycles. The zero-order valence-electron chi connectivity index (χ0n) is 24.5. The normalized spacial score (nSPS) is 24.7. The summed E-state index contributed by atoms with van der Waals surface area (Å²) in [6, 6.07) is 6.05. The van der Waals surface area contributed by atoms with Gasteiger partial charge in [-0.05, 0) is 120 Å². The highest BCUT2D eigenvalue weighted by Crippen LogP contribution is 2.30. The highest BCUT2D eigenvalue weighted by atomic mass is 16.2. The highest BCUT2D eigenvalue weighted by molar-refractivity contribution is 6.00. The summed E-state index contributed by atoms with van der Waals surface area (Å²) in [5, 5.41) is 2.37. The summed E-state index contributed by atoms with van der Waals surface area (Å²) < 4.78 is 0. The second-order valence-corrected chi connectivity index (χ2v) is 12.7. The number of nitrogens with zero attached hydrogens (tertiary/aromatic N) is 4. The predicted octanol–water partition coefficient (Wildman–Crippen LogP) is 3.14. The van der Waals surface area contributed by atoms with E-state index in [0.29, 0.717) is 18.9 Å². The number of rotatable bonds is 10. The quantitative estimate of drug-likeness (QED) is 0.356. The largest absolute Gasteiger partial charge is 0.329 e. The van der Waals surface area contributed by atoms with Crippen LogP contribution in [0.25, 0.3) is 0 Å². The molecule has 4 fully saturated rings. The van der Waals surface area contributed by atoms with Crippen LogP contribution in [-0.2, 0) is 20.9 Å². The molecule has 4 aliphatic rings. The Hall–Kier alpha value is -2.29. The first-order chi connectivity index (χ1) is 19.5. The first-order valence-electron chi connectivity index (χ1n) is 15.8. The Morgan fingerprint density at radius 1 is 0.875 bits per heavy atom. The molecular weight excluding hydrogens is 502 g/mol. The molecule has 0 aliphatic carbocycles. The van der Waals surface area contributed by atoms with Gasteiger partial charge in [0.05, 0.1) is 0 Å². The zero-order chi connectivity index (χ0) is 27.9. The fraction of sp³-hybridized carbons (Fsp3) is 0.719. The lowest BCUT2D eigenvalue weighted by Gasteiger charge is -2.38. The lowest BCUT2D eigenvalue weighted by molar-refractivity contribution is -0.141. The van der Waals surface area contributed by atoms with Gasteiger partial charge < -0.3 is 19.6 Å². The number of amides is 3. The summed E-state index contributed by atoms with van der Waals surface area (Å²) in [4.78, 5) is 45.3. The van der Waals surface area contributed by atoms with Crippen LogP contribution in [0.3, 0.4) is 0 Å². The van der Waals surface area contributed by atoms with Gasteiger partial charge >= 0.3 is 0 Å². The molecular formula is C32H49N5O3. The smallest absolute Gasteiger partial charge is 0.249 e. The van der Waals surface area contributed by atoms with Crippen LogP contribution in [0.5, 0.6) is 0 Å². The van der Waals surface area contributed by atoms with Crippen molar-refractivity contribution in [3.63, 3.8) is 0 Å². The van der Waals surface area contributed by atoms with Crippen LogP contribution in [-0.4, -0.2) is 103 Å². The zero-order valence-corrected chi connectivity index (χ0v) is 24.5. The van der Waals surface area contributed by atoms with Crippen molar-refractivity contribution in [2.75, 3.05) is 58.9 Å². The van der Waals surface area contributed by atoms with Crippen molar-refractivity contribution in [1.82, 2.24) is 24.9 Å². The maximum atomic E-state index is 12.3. The predicted molar refractivity (Wildman–Crippen MR) is 157 cm³/mol. The van der Waals surface area contributed by atoms with E-state index in [0.717, 1.165) is 49.4 Å². The lowest BCUT2D eigenvalue weighted by Crippen LogP contribution is -2.51. The number of nitrogens with one attached hydrogen (secondary N) is 1. The minimum Gasteiger partial charge on any atom is -0.329 e. The first-order valence-corrected chi connectivity index (χ1v) is 15.8. The van der Waals surface area contributed by atoms with Gasteiger partial charge in [-0.25, -0.2) is 0 Å². The van der Waals surface area contributed by atoms with Crippen LogP contribution < -0.4 is 5.32 Å². The van der Waals surface area contributed by atoms with Crippen LogP contribution in [0.1, 0.15) is 80.4 Å². The molecule has 1 aromatic rings. The van der Waals surface area contributed by atoms with Crippen molar-refractivity contribution >= 4 is 18.2 Å². The molecule has 0 radical (unpaired) electrons. The van der Waals surface area contributed by atoms with Crippen molar-refractivity contribution in [3.05, 3.63) is 34.9 Å². The molecule has 8 heteroatoms. The molecule has 0 aromatic heterocycles. The number of carbonyl (C=O) groups excluding carboxylic acids is 3. The van der Waals surface area contributed by atoms with Crippen LogP contribution in [0.4, 0.5) is 0 Å². The monoisotopic (exact) mass is 551 g/mol. The fourth-order valence-corrected chi connectivity index (χ4v) is 7.20. The van der Waals surface area contributed by atoms with Crippen LogP contribution >= 0.6 is 0 Å². The minimum absolute atomic E-state index is 0.260. The first kappa shape index (κ1) is 29.2. The number of hydrogen-bond donors (Lipinski definition) is 1. The number of benzene rings is 1. The van der Waals surface area contributed by atoms with E-state index >= 15 is 0 Å². The van der Waals surface area contributed by atoms with E-state index in [1.54, 1.807) is 4.90 Å². The van der Waals surface area contributed by atoms with Gasteiger partial charge in [0.25, 0.3) is 0 Å². The molecule has 1 atom stereocenters. The maximum absolute atomic E-state index is 12.3. The Kier molecular flexibility index (Phi) is 10.3. The average Bonchev–Trinajstić information content (AvgIpc) is 2.98. The van der Waals surface area contributed by atoms with E-state index in [9.17, 15) is 14.4 Å². The van der Waals surface area contributed by atoms with E-state index < -0.39 is 6.04 Å². The number of carbonyl (C=O) groups is 3. The second-order valence-electron chi connectivity index (χ2n) is 12.7. The van der Waals surface area contributed by atoms with Gasteiger partial charge in [0.2, 0.25) is 18.2 Å². The fourth-order valence-electron chi connectivity index (χ4n) is 7.20. The van der Waals surface area contributed by atoms with Gasteiger partial charge in [-0.1, -0.05) is 24.6 Å². The standard InChI is InChI=1S/C32H49N5O3/c1-25-5-6-28(21-29(25)23-37(24-38)30-7-8-31(39)33-32(30)40)27-11-17-35(18-12-27)20-19-34-15-9-26(10-16-34)22-36-13-3-2-4-14-36/h5-6,21,24,26-27,30H,2-4,7-20,22-23H2,1H3,(H,33,39,40). The third kappa shape index (κ3) is 7.71. The van der Waals surface area contributed by atoms with Crippen LogP contribution in [0.15, 0.2) is 18.2 Å². The molecule has 40 heavy (non-hydrogen) atoms. The maximum Gasteiger partial charge on any atom is 0.249 e. The summed E-state index contributed by atoms with van der Waals surface area (Å²) in [7, 11) is 0. The van der Waals surface area contributed by atoms with Gasteiger partial charge in [-0.2, -0.15) is 0 Å². The van der Waals surface area contributed by atoms with Crippen molar-refractivity contribution in [3.8, 4) is 0 Å². The molecule has 0 saturated carbocycles. The van der Waals surface area contributed by atoms with Gasteiger partial charge in [0.1, 0.15) is 6.04 Å². The van der Waals surface area contributed by atoms with Crippen LogP contribution in [0, 0.1) is 12.8 Å². The molecule has 220 valence electrons. The molecule has 1 N–H and O–H groups in total. The Balaban J connectivity index is 1.05. The van der Waals surface area contributed by atoms with E-state index in [2.05, 4.69) is 45.1 Å². The number of imide groups is 1. The van der Waals surface area contributed by atoms with E-state index in [4.69, 9.17) is 0 Å². The van der Waals surface area contributed by atoms with E-state index in [-0.39, 0.29) is 18.2 Å².